The zero-order chi connectivity index (χ0) is 21.3. The molecule has 0 aliphatic heterocycles. The molecular weight excluding hydrogens is 396 g/mol. The number of fused-ring (bicyclic) bond motifs is 1. The van der Waals surface area contributed by atoms with E-state index in [9.17, 15) is 17.6 Å². The topological polar surface area (TPSA) is 27.1 Å². The van der Waals surface area contributed by atoms with Gasteiger partial charge in [0.05, 0.1) is 17.6 Å². The first-order valence-corrected chi connectivity index (χ1v) is 9.11. The van der Waals surface area contributed by atoms with Crippen molar-refractivity contribution in [3.8, 4) is 17.1 Å². The molecule has 0 aliphatic carbocycles. The number of benzene rings is 3. The number of hydrogen-bond donors (Lipinski definition) is 0. The van der Waals surface area contributed by atoms with Gasteiger partial charge in [0.15, 0.2) is 0 Å². The minimum atomic E-state index is -0.839. The number of ether oxygens (including phenoxy) is 1. The molecule has 1 aromatic heterocycles. The molecule has 0 atom stereocenters. The van der Waals surface area contributed by atoms with Crippen LogP contribution in [0.25, 0.3) is 22.4 Å². The van der Waals surface area contributed by atoms with Gasteiger partial charge in [-0.15, -0.1) is 0 Å². The van der Waals surface area contributed by atoms with Crippen LogP contribution < -0.4 is 4.74 Å². The monoisotopic (exact) mass is 412 g/mol. The van der Waals surface area contributed by atoms with Gasteiger partial charge in [0, 0.05) is 5.56 Å². The standard InChI is InChI=1S/C23H16F4N2O/c1-2-12-30-20-11-5-10-19-22(20)28-23(21-17(26)8-4-9-18(21)27)29(19)13-14-15(24)6-3-7-16(14)25/h2-11H,1,12-13H2. The smallest absolute Gasteiger partial charge is 0.147 e. The van der Waals surface area contributed by atoms with Crippen LogP contribution in [-0.4, -0.2) is 16.2 Å². The lowest BCUT2D eigenvalue weighted by molar-refractivity contribution is 0.367. The molecule has 1 heterocycles. The molecule has 0 bridgehead atoms. The Kier molecular flexibility index (Phi) is 5.27. The van der Waals surface area contributed by atoms with Gasteiger partial charge in [-0.25, -0.2) is 22.5 Å². The molecule has 30 heavy (non-hydrogen) atoms. The average Bonchev–Trinajstić information content (AvgIpc) is 3.08. The molecule has 0 amide bonds. The normalized spacial score (nSPS) is 11.1. The second-order valence-electron chi connectivity index (χ2n) is 6.54. The Balaban J connectivity index is 2.00. The predicted molar refractivity (Wildman–Crippen MR) is 106 cm³/mol. The van der Waals surface area contributed by atoms with E-state index in [0.717, 1.165) is 24.3 Å². The van der Waals surface area contributed by atoms with Gasteiger partial charge in [-0.1, -0.05) is 30.9 Å². The summed E-state index contributed by atoms with van der Waals surface area (Å²) in [4.78, 5) is 4.39. The number of para-hydroxylation sites is 1. The van der Waals surface area contributed by atoms with Crippen molar-refractivity contribution in [1.29, 1.82) is 0 Å². The summed E-state index contributed by atoms with van der Waals surface area (Å²) >= 11 is 0. The molecule has 4 rings (SSSR count). The van der Waals surface area contributed by atoms with Gasteiger partial charge in [-0.2, -0.15) is 0 Å². The van der Waals surface area contributed by atoms with Crippen LogP contribution in [0.2, 0.25) is 0 Å². The minimum absolute atomic E-state index is 0.0992. The highest BCUT2D eigenvalue weighted by Gasteiger charge is 2.23. The van der Waals surface area contributed by atoms with Gasteiger partial charge < -0.3 is 9.30 Å². The van der Waals surface area contributed by atoms with Crippen LogP contribution in [0, 0.1) is 23.3 Å². The van der Waals surface area contributed by atoms with Crippen molar-refractivity contribution in [3.63, 3.8) is 0 Å². The fraction of sp³-hybridized carbons (Fsp3) is 0.0870. The summed E-state index contributed by atoms with van der Waals surface area (Å²) in [5.41, 5.74) is 0.0953. The van der Waals surface area contributed by atoms with Gasteiger partial charge in [-0.3, -0.25) is 0 Å². The van der Waals surface area contributed by atoms with Gasteiger partial charge in [0.25, 0.3) is 0 Å². The molecular formula is C23H16F4N2O. The van der Waals surface area contributed by atoms with E-state index in [1.165, 1.54) is 16.7 Å². The maximum atomic E-state index is 14.6. The van der Waals surface area contributed by atoms with Gasteiger partial charge in [-0.05, 0) is 36.4 Å². The van der Waals surface area contributed by atoms with Gasteiger partial charge in [0.2, 0.25) is 0 Å². The summed E-state index contributed by atoms with van der Waals surface area (Å²) in [6.45, 7) is 3.47. The van der Waals surface area contributed by atoms with Crippen LogP contribution in [0.3, 0.4) is 0 Å². The maximum absolute atomic E-state index is 14.6. The summed E-state index contributed by atoms with van der Waals surface area (Å²) in [5, 5.41) is 0. The molecule has 0 saturated heterocycles. The summed E-state index contributed by atoms with van der Waals surface area (Å²) in [5.74, 6) is -2.95. The molecule has 0 fully saturated rings. The predicted octanol–water partition coefficient (Wildman–Crippen LogP) is 5.87. The first kappa shape index (κ1) is 19.7. The van der Waals surface area contributed by atoms with Crippen LogP contribution in [0.1, 0.15) is 5.56 Å². The van der Waals surface area contributed by atoms with Crippen molar-refractivity contribution >= 4 is 11.0 Å². The molecule has 0 radical (unpaired) electrons. The Morgan fingerprint density at radius 1 is 0.867 bits per heavy atom. The van der Waals surface area contributed by atoms with Crippen molar-refractivity contribution in [1.82, 2.24) is 9.55 Å². The second-order valence-corrected chi connectivity index (χ2v) is 6.54. The van der Waals surface area contributed by atoms with Gasteiger partial charge in [0.1, 0.15) is 47.0 Å². The third kappa shape index (κ3) is 3.43. The largest absolute Gasteiger partial charge is 0.487 e. The lowest BCUT2D eigenvalue weighted by atomic mass is 10.1. The lowest BCUT2D eigenvalue weighted by Gasteiger charge is -2.12. The molecule has 4 aromatic rings. The number of halogens is 4. The fourth-order valence-corrected chi connectivity index (χ4v) is 3.29. The highest BCUT2D eigenvalue weighted by Crippen LogP contribution is 2.34. The van der Waals surface area contributed by atoms with Crippen molar-refractivity contribution in [2.45, 2.75) is 6.54 Å². The van der Waals surface area contributed by atoms with Crippen LogP contribution in [-0.2, 0) is 6.54 Å². The summed E-state index contributed by atoms with van der Waals surface area (Å²) in [6, 6.07) is 11.9. The highest BCUT2D eigenvalue weighted by atomic mass is 19.1. The molecule has 0 unspecified atom stereocenters. The van der Waals surface area contributed by atoms with E-state index in [-0.39, 0.29) is 30.1 Å². The summed E-state index contributed by atoms with van der Waals surface area (Å²) < 4.78 is 64.7. The van der Waals surface area contributed by atoms with E-state index in [2.05, 4.69) is 11.6 Å². The van der Waals surface area contributed by atoms with Crippen molar-refractivity contribution in [2.75, 3.05) is 6.61 Å². The molecule has 0 N–H and O–H groups in total. The van der Waals surface area contributed by atoms with Crippen LogP contribution in [0.5, 0.6) is 5.75 Å². The third-order valence-electron chi connectivity index (χ3n) is 4.66. The maximum Gasteiger partial charge on any atom is 0.147 e. The lowest BCUT2D eigenvalue weighted by Crippen LogP contribution is -2.08. The number of aromatic nitrogens is 2. The Labute approximate surface area is 169 Å². The number of nitrogens with zero attached hydrogens (tertiary/aromatic N) is 2. The molecule has 3 aromatic carbocycles. The van der Waals surface area contributed by atoms with Crippen molar-refractivity contribution in [3.05, 3.63) is 96.1 Å². The number of imidazole rings is 1. The molecule has 152 valence electrons. The third-order valence-corrected chi connectivity index (χ3v) is 4.66. The van der Waals surface area contributed by atoms with E-state index in [1.807, 2.05) is 0 Å². The van der Waals surface area contributed by atoms with Crippen molar-refractivity contribution in [2.24, 2.45) is 0 Å². The zero-order valence-corrected chi connectivity index (χ0v) is 15.7. The first-order valence-electron chi connectivity index (χ1n) is 9.11. The Hall–Kier alpha value is -3.61. The quantitative estimate of drug-likeness (QED) is 0.292. The summed E-state index contributed by atoms with van der Waals surface area (Å²) in [6.07, 6.45) is 1.54. The molecule has 0 aliphatic rings. The Morgan fingerprint density at radius 2 is 1.47 bits per heavy atom. The SMILES string of the molecule is C=CCOc1cccc2c1nc(-c1c(F)cccc1F)n2Cc1c(F)cccc1F. The second kappa shape index (κ2) is 8.02. The number of hydrogen-bond acceptors (Lipinski definition) is 2. The van der Waals surface area contributed by atoms with Crippen LogP contribution >= 0.6 is 0 Å². The summed E-state index contributed by atoms with van der Waals surface area (Å²) in [7, 11) is 0. The Bertz CT molecular complexity index is 1210. The molecule has 3 nitrogen and oxygen atoms in total. The highest BCUT2D eigenvalue weighted by molar-refractivity contribution is 5.86. The van der Waals surface area contributed by atoms with E-state index in [0.29, 0.717) is 16.8 Å². The number of rotatable bonds is 6. The van der Waals surface area contributed by atoms with Crippen LogP contribution in [0.4, 0.5) is 17.6 Å². The van der Waals surface area contributed by atoms with E-state index < -0.39 is 23.3 Å². The average molecular weight is 412 g/mol. The van der Waals surface area contributed by atoms with E-state index >= 15 is 0 Å². The van der Waals surface area contributed by atoms with E-state index in [4.69, 9.17) is 4.74 Å². The van der Waals surface area contributed by atoms with Gasteiger partial charge >= 0.3 is 0 Å². The fourth-order valence-electron chi connectivity index (χ4n) is 3.29. The Morgan fingerprint density at radius 3 is 2.10 bits per heavy atom. The molecule has 0 saturated carbocycles. The molecule has 0 spiro atoms. The van der Waals surface area contributed by atoms with Crippen LogP contribution in [0.15, 0.2) is 67.3 Å². The minimum Gasteiger partial charge on any atom is -0.487 e. The zero-order valence-electron chi connectivity index (χ0n) is 15.7. The van der Waals surface area contributed by atoms with Crippen molar-refractivity contribution < 1.29 is 22.3 Å². The first-order chi connectivity index (χ1) is 14.5. The van der Waals surface area contributed by atoms with E-state index in [1.54, 1.807) is 24.3 Å². The molecule has 7 heteroatoms.